The summed E-state index contributed by atoms with van der Waals surface area (Å²) in [7, 11) is 2.06. The van der Waals surface area contributed by atoms with Gasteiger partial charge in [0.2, 0.25) is 0 Å². The molecule has 1 amide bonds. The molecule has 0 bridgehead atoms. The van der Waals surface area contributed by atoms with Crippen LogP contribution in [0.25, 0.3) is 10.8 Å². The van der Waals surface area contributed by atoms with Crippen molar-refractivity contribution in [2.24, 2.45) is 0 Å². The van der Waals surface area contributed by atoms with Gasteiger partial charge in [-0.25, -0.2) is 4.39 Å². The van der Waals surface area contributed by atoms with Gasteiger partial charge in [0, 0.05) is 31.7 Å². The molecule has 4 rings (SSSR count). The van der Waals surface area contributed by atoms with E-state index in [-0.39, 0.29) is 11.7 Å². The lowest BCUT2D eigenvalue weighted by Crippen LogP contribution is -3.09. The Morgan fingerprint density at radius 1 is 0.931 bits per heavy atom. The van der Waals surface area contributed by atoms with Crippen molar-refractivity contribution in [3.05, 3.63) is 78.1 Å². The molecule has 0 aromatic heterocycles. The normalized spacial score (nSPS) is 15.5. The molecule has 0 saturated carbocycles. The molecular formula is C24H27FN3O+. The maximum absolute atomic E-state index is 14.0. The summed E-state index contributed by atoms with van der Waals surface area (Å²) in [4.78, 5) is 17.8. The number of nitrogens with one attached hydrogen (secondary N) is 1. The standard InChI is InChI=1S/C24H26FN3O/c1-26(17-19-10-11-20-6-2-3-7-21(20)16-19)18-24(29)28-14-12-27(13-15-28)23-9-5-4-8-22(23)25/h2-11,16H,12-15,17-18H2,1H3/p+1. The number of amides is 1. The second-order valence-corrected chi connectivity index (χ2v) is 7.81. The van der Waals surface area contributed by atoms with Crippen LogP contribution in [0.5, 0.6) is 0 Å². The van der Waals surface area contributed by atoms with Crippen molar-refractivity contribution in [1.82, 2.24) is 4.90 Å². The molecule has 4 nitrogen and oxygen atoms in total. The van der Waals surface area contributed by atoms with Crippen LogP contribution in [0.15, 0.2) is 66.7 Å². The highest BCUT2D eigenvalue weighted by molar-refractivity contribution is 5.83. The van der Waals surface area contributed by atoms with Crippen LogP contribution in [0, 0.1) is 5.82 Å². The van der Waals surface area contributed by atoms with Crippen LogP contribution in [-0.2, 0) is 11.3 Å². The number of nitrogens with zero attached hydrogens (tertiary/aromatic N) is 2. The molecule has 0 spiro atoms. The van der Waals surface area contributed by atoms with Gasteiger partial charge in [-0.2, -0.15) is 0 Å². The number of anilines is 1. The quantitative estimate of drug-likeness (QED) is 0.722. The number of benzene rings is 3. The van der Waals surface area contributed by atoms with Crippen molar-refractivity contribution in [3.63, 3.8) is 0 Å². The predicted octanol–water partition coefficient (Wildman–Crippen LogP) is 2.34. The second kappa shape index (κ2) is 8.62. The first-order valence-corrected chi connectivity index (χ1v) is 10.2. The summed E-state index contributed by atoms with van der Waals surface area (Å²) < 4.78 is 14.0. The molecule has 1 atom stereocenters. The third kappa shape index (κ3) is 4.57. The number of piperazine rings is 1. The van der Waals surface area contributed by atoms with E-state index in [0.717, 1.165) is 6.54 Å². The van der Waals surface area contributed by atoms with Crippen LogP contribution in [0.1, 0.15) is 5.56 Å². The first kappa shape index (κ1) is 19.4. The lowest BCUT2D eigenvalue weighted by molar-refractivity contribution is -0.885. The zero-order valence-corrected chi connectivity index (χ0v) is 16.8. The smallest absolute Gasteiger partial charge is 0.277 e. The SMILES string of the molecule is C[NH+](CC(=O)N1CCN(c2ccccc2F)CC1)Cc1ccc2ccccc2c1. The molecule has 1 saturated heterocycles. The fourth-order valence-electron chi connectivity index (χ4n) is 4.03. The number of quaternary nitrogens is 1. The lowest BCUT2D eigenvalue weighted by atomic mass is 10.1. The number of rotatable bonds is 5. The summed E-state index contributed by atoms with van der Waals surface area (Å²) in [6, 6.07) is 21.6. The minimum absolute atomic E-state index is 0.163. The lowest BCUT2D eigenvalue weighted by Gasteiger charge is -2.36. The van der Waals surface area contributed by atoms with Gasteiger partial charge >= 0.3 is 0 Å². The topological polar surface area (TPSA) is 28.0 Å². The minimum atomic E-state index is -0.202. The molecule has 0 aliphatic carbocycles. The molecule has 5 heteroatoms. The zero-order chi connectivity index (χ0) is 20.2. The molecule has 1 N–H and O–H groups in total. The molecule has 1 unspecified atom stereocenters. The summed E-state index contributed by atoms with van der Waals surface area (Å²) in [5, 5.41) is 2.46. The van der Waals surface area contributed by atoms with Crippen molar-refractivity contribution in [1.29, 1.82) is 0 Å². The molecule has 150 valence electrons. The molecule has 1 heterocycles. The molecule has 3 aromatic carbocycles. The summed E-state index contributed by atoms with van der Waals surface area (Å²) in [6.07, 6.45) is 0. The maximum atomic E-state index is 14.0. The van der Waals surface area contributed by atoms with Crippen LogP contribution in [0.4, 0.5) is 10.1 Å². The largest absolute Gasteiger partial charge is 0.366 e. The number of carbonyl (C=O) groups is 1. The van der Waals surface area contributed by atoms with E-state index in [4.69, 9.17) is 0 Å². The Balaban J connectivity index is 1.30. The van der Waals surface area contributed by atoms with Crippen molar-refractivity contribution >= 4 is 22.4 Å². The summed E-state index contributed by atoms with van der Waals surface area (Å²) in [6.45, 7) is 3.87. The molecule has 1 aliphatic rings. The first-order valence-electron chi connectivity index (χ1n) is 10.2. The van der Waals surface area contributed by atoms with Crippen LogP contribution >= 0.6 is 0 Å². The summed E-state index contributed by atoms with van der Waals surface area (Å²) >= 11 is 0. The van der Waals surface area contributed by atoms with Gasteiger partial charge in [-0.1, -0.05) is 48.5 Å². The van der Waals surface area contributed by atoms with E-state index in [1.165, 1.54) is 27.3 Å². The van der Waals surface area contributed by atoms with E-state index in [0.29, 0.717) is 38.4 Å². The fourth-order valence-corrected chi connectivity index (χ4v) is 4.03. The average Bonchev–Trinajstić information content (AvgIpc) is 2.74. The number of halogens is 1. The summed E-state index contributed by atoms with van der Waals surface area (Å²) in [5.74, 6) is -0.0386. The molecule has 1 fully saturated rings. The highest BCUT2D eigenvalue weighted by Crippen LogP contribution is 2.20. The number of fused-ring (bicyclic) bond motifs is 1. The monoisotopic (exact) mass is 392 g/mol. The van der Waals surface area contributed by atoms with Crippen LogP contribution in [0.3, 0.4) is 0 Å². The Hall–Kier alpha value is -2.92. The second-order valence-electron chi connectivity index (χ2n) is 7.81. The minimum Gasteiger partial charge on any atom is -0.366 e. The number of para-hydroxylation sites is 1. The maximum Gasteiger partial charge on any atom is 0.277 e. The Labute approximate surface area is 171 Å². The van der Waals surface area contributed by atoms with Crippen molar-refractivity contribution in [2.75, 3.05) is 44.7 Å². The van der Waals surface area contributed by atoms with Gasteiger partial charge in [0.1, 0.15) is 12.4 Å². The van der Waals surface area contributed by atoms with Gasteiger partial charge in [0.05, 0.1) is 12.7 Å². The zero-order valence-electron chi connectivity index (χ0n) is 16.8. The predicted molar refractivity (Wildman–Crippen MR) is 115 cm³/mol. The fraction of sp³-hybridized carbons (Fsp3) is 0.292. The number of hydrogen-bond acceptors (Lipinski definition) is 2. The highest BCUT2D eigenvalue weighted by atomic mass is 19.1. The molecular weight excluding hydrogens is 365 g/mol. The Kier molecular flexibility index (Phi) is 5.76. The summed E-state index contributed by atoms with van der Waals surface area (Å²) in [5.41, 5.74) is 1.86. The van der Waals surface area contributed by atoms with Gasteiger partial charge < -0.3 is 14.7 Å². The van der Waals surface area contributed by atoms with Crippen LogP contribution in [0.2, 0.25) is 0 Å². The van der Waals surface area contributed by atoms with Crippen LogP contribution < -0.4 is 9.80 Å². The van der Waals surface area contributed by atoms with Gasteiger partial charge in [-0.05, 0) is 29.0 Å². The number of hydrogen-bond donors (Lipinski definition) is 1. The molecule has 29 heavy (non-hydrogen) atoms. The Bertz CT molecular complexity index is 998. The third-order valence-electron chi connectivity index (χ3n) is 5.60. The van der Waals surface area contributed by atoms with E-state index in [9.17, 15) is 9.18 Å². The van der Waals surface area contributed by atoms with Gasteiger partial charge in [0.15, 0.2) is 6.54 Å². The van der Waals surface area contributed by atoms with Gasteiger partial charge in [-0.15, -0.1) is 0 Å². The number of carbonyl (C=O) groups excluding carboxylic acids is 1. The first-order chi connectivity index (χ1) is 14.1. The van der Waals surface area contributed by atoms with Crippen molar-refractivity contribution < 1.29 is 14.1 Å². The van der Waals surface area contributed by atoms with Crippen molar-refractivity contribution in [3.8, 4) is 0 Å². The molecule has 0 radical (unpaired) electrons. The molecule has 1 aliphatic heterocycles. The van der Waals surface area contributed by atoms with Crippen molar-refractivity contribution in [2.45, 2.75) is 6.54 Å². The average molecular weight is 392 g/mol. The highest BCUT2D eigenvalue weighted by Gasteiger charge is 2.24. The van der Waals surface area contributed by atoms with Gasteiger partial charge in [-0.3, -0.25) is 4.79 Å². The van der Waals surface area contributed by atoms with E-state index in [1.54, 1.807) is 12.1 Å². The number of likely N-dealkylation sites (N-methyl/N-ethyl adjacent to an activating group) is 1. The Morgan fingerprint density at radius 2 is 1.62 bits per heavy atom. The van der Waals surface area contributed by atoms with E-state index >= 15 is 0 Å². The van der Waals surface area contributed by atoms with Crippen LogP contribution in [-0.4, -0.2) is 50.6 Å². The third-order valence-corrected chi connectivity index (χ3v) is 5.60. The van der Waals surface area contributed by atoms with Gasteiger partial charge in [0.25, 0.3) is 5.91 Å². The van der Waals surface area contributed by atoms with E-state index in [1.807, 2.05) is 28.0 Å². The van der Waals surface area contributed by atoms with E-state index in [2.05, 4.69) is 37.4 Å². The van der Waals surface area contributed by atoms with E-state index < -0.39 is 0 Å². The Morgan fingerprint density at radius 3 is 2.38 bits per heavy atom. The molecule has 3 aromatic rings.